The summed E-state index contributed by atoms with van der Waals surface area (Å²) in [6, 6.07) is 8.17. The molecule has 0 aliphatic carbocycles. The molecule has 1 fully saturated rings. The molecule has 0 N–H and O–H groups in total. The molecular weight excluding hydrogens is 244 g/mol. The Morgan fingerprint density at radius 1 is 1.32 bits per heavy atom. The van der Waals surface area contributed by atoms with E-state index in [1.807, 2.05) is 6.07 Å². The largest absolute Gasteiger partial charge is 0.452 e. The van der Waals surface area contributed by atoms with E-state index in [2.05, 4.69) is 0 Å². The molecule has 1 aromatic rings. The number of amides is 1. The molecule has 0 saturated carbocycles. The van der Waals surface area contributed by atoms with Crippen LogP contribution in [-0.2, 0) is 9.53 Å². The van der Waals surface area contributed by atoms with E-state index < -0.39 is 5.97 Å². The fourth-order valence-corrected chi connectivity index (χ4v) is 1.98. The van der Waals surface area contributed by atoms with E-state index in [9.17, 15) is 9.59 Å². The summed E-state index contributed by atoms with van der Waals surface area (Å²) in [4.78, 5) is 25.1. The zero-order valence-corrected chi connectivity index (χ0v) is 10.5. The van der Waals surface area contributed by atoms with Crippen molar-refractivity contribution in [2.45, 2.75) is 12.8 Å². The summed E-state index contributed by atoms with van der Waals surface area (Å²) in [6.07, 6.45) is 2.01. The van der Waals surface area contributed by atoms with Gasteiger partial charge in [-0.15, -0.1) is 0 Å². The van der Waals surface area contributed by atoms with Gasteiger partial charge in [0.1, 0.15) is 0 Å². The highest BCUT2D eigenvalue weighted by Gasteiger charge is 2.19. The van der Waals surface area contributed by atoms with E-state index in [-0.39, 0.29) is 18.1 Å². The molecule has 1 heterocycles. The highest BCUT2D eigenvalue weighted by atomic mass is 16.5. The topological polar surface area (TPSA) is 70.4 Å². The number of ether oxygens (including phenoxy) is 1. The van der Waals surface area contributed by atoms with Crippen LogP contribution in [0.3, 0.4) is 0 Å². The van der Waals surface area contributed by atoms with Gasteiger partial charge in [-0.25, -0.2) is 4.79 Å². The van der Waals surface area contributed by atoms with Crippen LogP contribution in [0.2, 0.25) is 0 Å². The summed E-state index contributed by atoms with van der Waals surface area (Å²) in [6.45, 7) is 1.23. The lowest BCUT2D eigenvalue weighted by Gasteiger charge is -2.14. The smallest absolute Gasteiger partial charge is 0.338 e. The van der Waals surface area contributed by atoms with Gasteiger partial charge in [0.15, 0.2) is 6.61 Å². The number of nitrogens with zero attached hydrogens (tertiary/aromatic N) is 2. The van der Waals surface area contributed by atoms with Gasteiger partial charge in [0.25, 0.3) is 5.91 Å². The molecule has 5 nitrogen and oxygen atoms in total. The third-order valence-electron chi connectivity index (χ3n) is 3.01. The van der Waals surface area contributed by atoms with Crippen molar-refractivity contribution in [1.29, 1.82) is 5.26 Å². The van der Waals surface area contributed by atoms with E-state index in [0.29, 0.717) is 5.56 Å². The second-order valence-corrected chi connectivity index (χ2v) is 4.36. The van der Waals surface area contributed by atoms with Gasteiger partial charge < -0.3 is 9.64 Å². The molecule has 0 spiro atoms. The maximum atomic E-state index is 11.7. The van der Waals surface area contributed by atoms with Crippen molar-refractivity contribution in [3.8, 4) is 6.07 Å². The van der Waals surface area contributed by atoms with Crippen molar-refractivity contribution in [2.75, 3.05) is 19.7 Å². The van der Waals surface area contributed by atoms with Gasteiger partial charge in [0, 0.05) is 13.1 Å². The SMILES string of the molecule is N#Cc1cccc(C(=O)OCC(=O)N2CCCC2)c1. The average molecular weight is 258 g/mol. The van der Waals surface area contributed by atoms with Crippen LogP contribution in [-0.4, -0.2) is 36.5 Å². The molecule has 0 unspecified atom stereocenters. The van der Waals surface area contributed by atoms with Crippen LogP contribution in [0.5, 0.6) is 0 Å². The van der Waals surface area contributed by atoms with Crippen LogP contribution in [0, 0.1) is 11.3 Å². The zero-order chi connectivity index (χ0) is 13.7. The van der Waals surface area contributed by atoms with E-state index in [1.165, 1.54) is 6.07 Å². The van der Waals surface area contributed by atoms with Crippen LogP contribution in [0.4, 0.5) is 0 Å². The Hall–Kier alpha value is -2.35. The Morgan fingerprint density at radius 2 is 2.05 bits per heavy atom. The summed E-state index contributed by atoms with van der Waals surface area (Å²) in [7, 11) is 0. The zero-order valence-electron chi connectivity index (χ0n) is 10.5. The molecule has 5 heteroatoms. The molecular formula is C14H14N2O3. The number of nitriles is 1. The van der Waals surface area contributed by atoms with Crippen molar-refractivity contribution in [1.82, 2.24) is 4.90 Å². The summed E-state index contributed by atoms with van der Waals surface area (Å²) in [5.74, 6) is -0.744. The Bertz CT molecular complexity index is 528. The average Bonchev–Trinajstić information content (AvgIpc) is 2.98. The molecule has 2 rings (SSSR count). The second kappa shape index (κ2) is 6.01. The predicted octanol–water partition coefficient (Wildman–Crippen LogP) is 1.34. The molecule has 1 aliphatic rings. The van der Waals surface area contributed by atoms with Gasteiger partial charge in [-0.1, -0.05) is 6.07 Å². The van der Waals surface area contributed by atoms with Crippen LogP contribution < -0.4 is 0 Å². The standard InChI is InChI=1S/C14H14N2O3/c15-9-11-4-3-5-12(8-11)14(18)19-10-13(17)16-6-1-2-7-16/h3-5,8H,1-2,6-7,10H2. The first kappa shape index (κ1) is 13.1. The van der Waals surface area contributed by atoms with Crippen LogP contribution >= 0.6 is 0 Å². The minimum absolute atomic E-state index is 0.165. The first-order chi connectivity index (χ1) is 9.20. The molecule has 98 valence electrons. The number of carbonyl (C=O) groups is 2. The van der Waals surface area contributed by atoms with Crippen molar-refractivity contribution in [3.63, 3.8) is 0 Å². The lowest BCUT2D eigenvalue weighted by Crippen LogP contribution is -2.32. The molecule has 1 aromatic carbocycles. The quantitative estimate of drug-likeness (QED) is 0.767. The van der Waals surface area contributed by atoms with Crippen LogP contribution in [0.1, 0.15) is 28.8 Å². The van der Waals surface area contributed by atoms with Gasteiger partial charge in [-0.05, 0) is 31.0 Å². The van der Waals surface area contributed by atoms with E-state index in [4.69, 9.17) is 10.00 Å². The van der Waals surface area contributed by atoms with E-state index >= 15 is 0 Å². The summed E-state index contributed by atoms with van der Waals surface area (Å²) in [5, 5.41) is 8.74. The van der Waals surface area contributed by atoms with Crippen molar-refractivity contribution >= 4 is 11.9 Å². The first-order valence-corrected chi connectivity index (χ1v) is 6.16. The second-order valence-electron chi connectivity index (χ2n) is 4.36. The molecule has 1 aliphatic heterocycles. The highest BCUT2D eigenvalue weighted by molar-refractivity contribution is 5.91. The number of rotatable bonds is 3. The van der Waals surface area contributed by atoms with Crippen LogP contribution in [0.15, 0.2) is 24.3 Å². The number of carbonyl (C=O) groups excluding carboxylic acids is 2. The lowest BCUT2D eigenvalue weighted by molar-refractivity contribution is -0.133. The summed E-state index contributed by atoms with van der Waals surface area (Å²) >= 11 is 0. The maximum Gasteiger partial charge on any atom is 0.338 e. The van der Waals surface area contributed by atoms with Gasteiger partial charge in [0.2, 0.25) is 0 Å². The molecule has 1 saturated heterocycles. The Kier molecular flexibility index (Phi) is 4.14. The monoisotopic (exact) mass is 258 g/mol. The fourth-order valence-electron chi connectivity index (χ4n) is 1.98. The Morgan fingerprint density at radius 3 is 2.74 bits per heavy atom. The minimum atomic E-state index is -0.579. The van der Waals surface area contributed by atoms with Gasteiger partial charge in [-0.3, -0.25) is 4.79 Å². The summed E-state index contributed by atoms with van der Waals surface area (Å²) < 4.78 is 4.96. The molecule has 0 atom stereocenters. The molecule has 0 radical (unpaired) electrons. The molecule has 1 amide bonds. The predicted molar refractivity (Wildman–Crippen MR) is 67.3 cm³/mol. The normalized spacial score (nSPS) is 13.9. The van der Waals surface area contributed by atoms with E-state index in [1.54, 1.807) is 23.1 Å². The number of hydrogen-bond acceptors (Lipinski definition) is 4. The summed E-state index contributed by atoms with van der Waals surface area (Å²) in [5.41, 5.74) is 0.675. The lowest BCUT2D eigenvalue weighted by atomic mass is 10.1. The van der Waals surface area contributed by atoms with Crippen molar-refractivity contribution in [3.05, 3.63) is 35.4 Å². The minimum Gasteiger partial charge on any atom is -0.452 e. The fraction of sp³-hybridized carbons (Fsp3) is 0.357. The van der Waals surface area contributed by atoms with Crippen molar-refractivity contribution < 1.29 is 14.3 Å². The Labute approximate surface area is 111 Å². The number of benzene rings is 1. The van der Waals surface area contributed by atoms with E-state index in [0.717, 1.165) is 25.9 Å². The Balaban J connectivity index is 1.90. The maximum absolute atomic E-state index is 11.7. The third-order valence-corrected chi connectivity index (χ3v) is 3.01. The highest BCUT2D eigenvalue weighted by Crippen LogP contribution is 2.09. The number of hydrogen-bond donors (Lipinski definition) is 0. The van der Waals surface area contributed by atoms with Crippen LogP contribution in [0.25, 0.3) is 0 Å². The van der Waals surface area contributed by atoms with Gasteiger partial charge in [0.05, 0.1) is 17.2 Å². The molecule has 0 aromatic heterocycles. The van der Waals surface area contributed by atoms with Gasteiger partial charge >= 0.3 is 5.97 Å². The molecule has 0 bridgehead atoms. The molecule has 19 heavy (non-hydrogen) atoms. The van der Waals surface area contributed by atoms with Gasteiger partial charge in [-0.2, -0.15) is 5.26 Å². The number of likely N-dealkylation sites (tertiary alicyclic amines) is 1. The third kappa shape index (κ3) is 3.32. The van der Waals surface area contributed by atoms with Crippen molar-refractivity contribution in [2.24, 2.45) is 0 Å². The number of esters is 1. The first-order valence-electron chi connectivity index (χ1n) is 6.16.